The fourth-order valence-corrected chi connectivity index (χ4v) is 3.66. The van der Waals surface area contributed by atoms with Crippen molar-refractivity contribution in [2.45, 2.75) is 38.6 Å². The molecule has 0 aliphatic rings. The highest BCUT2D eigenvalue weighted by Crippen LogP contribution is 2.29. The lowest BCUT2D eigenvalue weighted by Crippen LogP contribution is -2.18. The van der Waals surface area contributed by atoms with Gasteiger partial charge in [0.2, 0.25) is 0 Å². The van der Waals surface area contributed by atoms with E-state index in [1.807, 2.05) is 11.3 Å². The molecule has 0 saturated heterocycles. The highest BCUT2D eigenvalue weighted by atomic mass is 32.2. The fraction of sp³-hybridized carbons (Fsp3) is 0.471. The van der Waals surface area contributed by atoms with Crippen molar-refractivity contribution in [3.8, 4) is 10.6 Å². The molecule has 2 nitrogen and oxygen atoms in total. The second-order valence-corrected chi connectivity index (χ2v) is 7.46. The summed E-state index contributed by atoms with van der Waals surface area (Å²) in [6, 6.07) is 8.69. The first-order chi connectivity index (χ1) is 10.1. The van der Waals surface area contributed by atoms with Crippen molar-refractivity contribution in [3.63, 3.8) is 0 Å². The molecule has 1 heterocycles. The predicted octanol–water partition coefficient (Wildman–Crippen LogP) is 4.84. The third-order valence-electron chi connectivity index (χ3n) is 3.29. The van der Waals surface area contributed by atoms with Gasteiger partial charge in [-0.25, -0.2) is 4.98 Å². The van der Waals surface area contributed by atoms with E-state index in [-0.39, 0.29) is 0 Å². The van der Waals surface area contributed by atoms with Crippen LogP contribution in [0.3, 0.4) is 0 Å². The van der Waals surface area contributed by atoms with Gasteiger partial charge in [0.05, 0.1) is 5.69 Å². The standard InChI is InChI=1S/C17H24N2S2/c1-5-15-16(11-18-10-12(2)3)21-17(19-15)13-6-8-14(20-4)9-7-13/h6-9,12,18H,5,10-11H2,1-4H3. The number of aryl methyl sites for hydroxylation is 1. The number of benzene rings is 1. The lowest BCUT2D eigenvalue weighted by molar-refractivity contribution is 0.553. The average molecular weight is 321 g/mol. The molecule has 0 radical (unpaired) electrons. The van der Waals surface area contributed by atoms with Crippen molar-refractivity contribution in [1.29, 1.82) is 0 Å². The topological polar surface area (TPSA) is 24.9 Å². The van der Waals surface area contributed by atoms with E-state index in [0.717, 1.165) is 24.5 Å². The Balaban J connectivity index is 2.14. The van der Waals surface area contributed by atoms with Gasteiger partial charge < -0.3 is 5.32 Å². The van der Waals surface area contributed by atoms with E-state index in [9.17, 15) is 0 Å². The molecule has 0 aliphatic carbocycles. The molecule has 0 bridgehead atoms. The lowest BCUT2D eigenvalue weighted by atomic mass is 10.2. The minimum absolute atomic E-state index is 0.682. The van der Waals surface area contributed by atoms with Gasteiger partial charge in [0.1, 0.15) is 5.01 Å². The number of hydrogen-bond donors (Lipinski definition) is 1. The zero-order chi connectivity index (χ0) is 15.2. The Kier molecular flexibility index (Phi) is 6.27. The van der Waals surface area contributed by atoms with Gasteiger partial charge in [0.25, 0.3) is 0 Å². The lowest BCUT2D eigenvalue weighted by Gasteiger charge is -2.06. The van der Waals surface area contributed by atoms with Gasteiger partial charge in [-0.3, -0.25) is 0 Å². The summed E-state index contributed by atoms with van der Waals surface area (Å²) in [5.74, 6) is 0.682. The van der Waals surface area contributed by atoms with Crippen LogP contribution in [0.5, 0.6) is 0 Å². The van der Waals surface area contributed by atoms with Crippen LogP contribution in [-0.4, -0.2) is 17.8 Å². The van der Waals surface area contributed by atoms with E-state index in [1.165, 1.54) is 21.0 Å². The molecule has 0 amide bonds. The summed E-state index contributed by atoms with van der Waals surface area (Å²) in [6.07, 6.45) is 3.10. The van der Waals surface area contributed by atoms with Crippen LogP contribution in [0, 0.1) is 5.92 Å². The molecule has 1 N–H and O–H groups in total. The zero-order valence-corrected chi connectivity index (χ0v) is 14.9. The van der Waals surface area contributed by atoms with Crippen LogP contribution in [0.25, 0.3) is 10.6 Å². The molecule has 2 rings (SSSR count). The summed E-state index contributed by atoms with van der Waals surface area (Å²) in [4.78, 5) is 7.50. The third-order valence-corrected chi connectivity index (χ3v) is 5.18. The van der Waals surface area contributed by atoms with Crippen molar-refractivity contribution in [1.82, 2.24) is 10.3 Å². The molecule has 0 saturated carbocycles. The number of thiazole rings is 1. The molecule has 0 unspecified atom stereocenters. The predicted molar refractivity (Wildman–Crippen MR) is 95.3 cm³/mol. The highest BCUT2D eigenvalue weighted by Gasteiger charge is 2.11. The van der Waals surface area contributed by atoms with Gasteiger partial charge in [-0.15, -0.1) is 23.1 Å². The molecule has 2 aromatic rings. The summed E-state index contributed by atoms with van der Waals surface area (Å²) in [7, 11) is 0. The van der Waals surface area contributed by atoms with E-state index in [1.54, 1.807) is 11.8 Å². The van der Waals surface area contributed by atoms with Crippen LogP contribution < -0.4 is 5.32 Å². The van der Waals surface area contributed by atoms with Crippen LogP contribution >= 0.6 is 23.1 Å². The molecule has 114 valence electrons. The fourth-order valence-electron chi connectivity index (χ4n) is 2.13. The molecule has 0 aliphatic heterocycles. The minimum Gasteiger partial charge on any atom is -0.312 e. The molecule has 0 fully saturated rings. The number of nitrogens with one attached hydrogen (secondary N) is 1. The maximum absolute atomic E-state index is 4.82. The first-order valence-corrected chi connectivity index (χ1v) is 9.51. The number of nitrogens with zero attached hydrogens (tertiary/aromatic N) is 1. The van der Waals surface area contributed by atoms with E-state index >= 15 is 0 Å². The zero-order valence-electron chi connectivity index (χ0n) is 13.3. The van der Waals surface area contributed by atoms with Crippen LogP contribution in [0.15, 0.2) is 29.2 Å². The van der Waals surface area contributed by atoms with Gasteiger partial charge in [-0.1, -0.05) is 32.9 Å². The normalized spacial score (nSPS) is 11.3. The van der Waals surface area contributed by atoms with E-state index in [4.69, 9.17) is 4.98 Å². The van der Waals surface area contributed by atoms with Gasteiger partial charge in [0.15, 0.2) is 0 Å². The maximum Gasteiger partial charge on any atom is 0.123 e. The number of aromatic nitrogens is 1. The molecule has 4 heteroatoms. The monoisotopic (exact) mass is 320 g/mol. The number of thioether (sulfide) groups is 1. The summed E-state index contributed by atoms with van der Waals surface area (Å²) in [6.45, 7) is 8.64. The highest BCUT2D eigenvalue weighted by molar-refractivity contribution is 7.98. The summed E-state index contributed by atoms with van der Waals surface area (Å²) < 4.78 is 0. The smallest absolute Gasteiger partial charge is 0.123 e. The van der Waals surface area contributed by atoms with E-state index < -0.39 is 0 Å². The first kappa shape index (κ1) is 16.5. The average Bonchev–Trinajstić information content (AvgIpc) is 2.90. The van der Waals surface area contributed by atoms with Gasteiger partial charge in [-0.2, -0.15) is 0 Å². The van der Waals surface area contributed by atoms with Crippen molar-refractivity contribution >= 4 is 23.1 Å². The maximum atomic E-state index is 4.82. The van der Waals surface area contributed by atoms with Gasteiger partial charge >= 0.3 is 0 Å². The second-order valence-electron chi connectivity index (χ2n) is 5.50. The van der Waals surface area contributed by atoms with Crippen LogP contribution in [0.1, 0.15) is 31.3 Å². The molecule has 1 aromatic heterocycles. The largest absolute Gasteiger partial charge is 0.312 e. The van der Waals surface area contributed by atoms with Crippen LogP contribution in [-0.2, 0) is 13.0 Å². The van der Waals surface area contributed by atoms with Crippen LogP contribution in [0.4, 0.5) is 0 Å². The Morgan fingerprint density at radius 2 is 1.95 bits per heavy atom. The Morgan fingerprint density at radius 3 is 2.52 bits per heavy atom. The number of rotatable bonds is 7. The van der Waals surface area contributed by atoms with Gasteiger partial charge in [0, 0.05) is 21.9 Å². The van der Waals surface area contributed by atoms with Crippen molar-refractivity contribution in [2.24, 2.45) is 5.92 Å². The molecular weight excluding hydrogens is 296 g/mol. The Bertz CT molecular complexity index is 559. The molecule has 21 heavy (non-hydrogen) atoms. The summed E-state index contributed by atoms with van der Waals surface area (Å²) in [5, 5.41) is 4.67. The van der Waals surface area contributed by atoms with Crippen molar-refractivity contribution in [2.75, 3.05) is 12.8 Å². The third kappa shape index (κ3) is 4.56. The second kappa shape index (κ2) is 7.97. The first-order valence-electron chi connectivity index (χ1n) is 7.47. The number of hydrogen-bond acceptors (Lipinski definition) is 4. The minimum atomic E-state index is 0.682. The Morgan fingerprint density at radius 1 is 1.24 bits per heavy atom. The summed E-state index contributed by atoms with van der Waals surface area (Å²) >= 11 is 3.59. The van der Waals surface area contributed by atoms with Crippen molar-refractivity contribution in [3.05, 3.63) is 34.8 Å². The quantitative estimate of drug-likeness (QED) is 0.739. The van der Waals surface area contributed by atoms with E-state index in [0.29, 0.717) is 5.92 Å². The van der Waals surface area contributed by atoms with E-state index in [2.05, 4.69) is 56.6 Å². The Hall–Kier alpha value is -0.840. The van der Waals surface area contributed by atoms with Crippen molar-refractivity contribution < 1.29 is 0 Å². The summed E-state index contributed by atoms with van der Waals surface area (Å²) in [5.41, 5.74) is 2.46. The molecule has 0 atom stereocenters. The Labute approximate surface area is 136 Å². The molecule has 1 aromatic carbocycles. The molecular formula is C17H24N2S2. The molecule has 0 spiro atoms. The van der Waals surface area contributed by atoms with Gasteiger partial charge in [-0.05, 0) is 37.3 Å². The SMILES string of the molecule is CCc1nc(-c2ccc(SC)cc2)sc1CNCC(C)C. The van der Waals surface area contributed by atoms with Crippen LogP contribution in [0.2, 0.25) is 0 Å².